The van der Waals surface area contributed by atoms with E-state index < -0.39 is 0 Å². The number of rotatable bonds is 3. The van der Waals surface area contributed by atoms with Crippen molar-refractivity contribution >= 4 is 17.4 Å². The van der Waals surface area contributed by atoms with E-state index >= 15 is 0 Å². The molecule has 0 spiro atoms. The van der Waals surface area contributed by atoms with Crippen LogP contribution in [0.3, 0.4) is 0 Å². The van der Waals surface area contributed by atoms with E-state index in [0.717, 1.165) is 35.0 Å². The Balaban J connectivity index is 2.31. The molecule has 0 unspecified atom stereocenters. The molecule has 16 heavy (non-hydrogen) atoms. The first-order chi connectivity index (χ1) is 7.76. The summed E-state index contributed by atoms with van der Waals surface area (Å²) in [7, 11) is 0. The molecule has 1 aromatic carbocycles. The molecule has 1 aromatic rings. The predicted molar refractivity (Wildman–Crippen MR) is 67.7 cm³/mol. The molecule has 0 aromatic heterocycles. The van der Waals surface area contributed by atoms with E-state index in [1.54, 1.807) is 11.8 Å². The lowest BCUT2D eigenvalue weighted by Crippen LogP contribution is -2.56. The van der Waals surface area contributed by atoms with Gasteiger partial charge in [0.15, 0.2) is 0 Å². The van der Waals surface area contributed by atoms with Crippen LogP contribution in [0.1, 0.15) is 12.5 Å². The maximum atomic E-state index is 9.24. The van der Waals surface area contributed by atoms with Gasteiger partial charge in [-0.25, -0.2) is 0 Å². The van der Waals surface area contributed by atoms with Gasteiger partial charge in [0.05, 0.1) is 11.3 Å². The second-order valence-electron chi connectivity index (χ2n) is 3.86. The topological polar surface area (TPSA) is 53.0 Å². The zero-order chi connectivity index (χ0) is 11.5. The molecular weight excluding hydrogens is 218 g/mol. The van der Waals surface area contributed by atoms with E-state index in [4.69, 9.17) is 5.73 Å². The SMILES string of the molecule is CCSc1cccc(N2CC(N)C2)c1C#N. The molecule has 1 saturated heterocycles. The van der Waals surface area contributed by atoms with E-state index in [0.29, 0.717) is 0 Å². The average Bonchev–Trinajstić information content (AvgIpc) is 2.25. The molecule has 4 heteroatoms. The number of nitrogens with two attached hydrogens (primary N) is 1. The Morgan fingerprint density at radius 1 is 1.56 bits per heavy atom. The fraction of sp³-hybridized carbons (Fsp3) is 0.417. The van der Waals surface area contributed by atoms with Gasteiger partial charge in [-0.3, -0.25) is 0 Å². The molecule has 0 radical (unpaired) electrons. The summed E-state index contributed by atoms with van der Waals surface area (Å²) < 4.78 is 0. The molecule has 1 aliphatic rings. The van der Waals surface area contributed by atoms with Gasteiger partial charge in [0.2, 0.25) is 0 Å². The number of hydrogen-bond donors (Lipinski definition) is 1. The Morgan fingerprint density at radius 2 is 2.31 bits per heavy atom. The number of nitriles is 1. The van der Waals surface area contributed by atoms with Crippen LogP contribution in [0.25, 0.3) is 0 Å². The van der Waals surface area contributed by atoms with Crippen LogP contribution in [0, 0.1) is 11.3 Å². The largest absolute Gasteiger partial charge is 0.367 e. The van der Waals surface area contributed by atoms with E-state index in [2.05, 4.69) is 17.9 Å². The molecule has 1 fully saturated rings. The fourth-order valence-corrected chi connectivity index (χ4v) is 2.66. The van der Waals surface area contributed by atoms with Gasteiger partial charge in [-0.1, -0.05) is 13.0 Å². The highest BCUT2D eigenvalue weighted by Gasteiger charge is 2.25. The zero-order valence-electron chi connectivity index (χ0n) is 9.31. The molecule has 0 bridgehead atoms. The quantitative estimate of drug-likeness (QED) is 0.809. The Hall–Kier alpha value is -1.18. The molecule has 2 N–H and O–H groups in total. The van der Waals surface area contributed by atoms with E-state index in [9.17, 15) is 5.26 Å². The van der Waals surface area contributed by atoms with Crippen LogP contribution < -0.4 is 10.6 Å². The summed E-state index contributed by atoms with van der Waals surface area (Å²) in [4.78, 5) is 3.24. The van der Waals surface area contributed by atoms with Crippen molar-refractivity contribution in [1.82, 2.24) is 0 Å². The summed E-state index contributed by atoms with van der Waals surface area (Å²) in [5.41, 5.74) is 7.59. The summed E-state index contributed by atoms with van der Waals surface area (Å²) in [6.07, 6.45) is 0. The van der Waals surface area contributed by atoms with Crippen molar-refractivity contribution in [1.29, 1.82) is 5.26 Å². The van der Waals surface area contributed by atoms with Crippen molar-refractivity contribution in [2.24, 2.45) is 5.73 Å². The molecule has 3 nitrogen and oxygen atoms in total. The maximum Gasteiger partial charge on any atom is 0.103 e. The lowest BCUT2D eigenvalue weighted by molar-refractivity contribution is 0.519. The van der Waals surface area contributed by atoms with Crippen LogP contribution in [-0.4, -0.2) is 24.9 Å². The van der Waals surface area contributed by atoms with Gasteiger partial charge in [-0.2, -0.15) is 5.26 Å². The van der Waals surface area contributed by atoms with Crippen molar-refractivity contribution in [2.45, 2.75) is 17.9 Å². The lowest BCUT2D eigenvalue weighted by atomic mass is 10.1. The van der Waals surface area contributed by atoms with Crippen molar-refractivity contribution in [3.63, 3.8) is 0 Å². The van der Waals surface area contributed by atoms with Crippen LogP contribution in [0.5, 0.6) is 0 Å². The normalized spacial score (nSPS) is 15.7. The zero-order valence-corrected chi connectivity index (χ0v) is 10.1. The minimum absolute atomic E-state index is 0.258. The monoisotopic (exact) mass is 233 g/mol. The third kappa shape index (κ3) is 2.01. The van der Waals surface area contributed by atoms with Gasteiger partial charge in [-0.15, -0.1) is 11.8 Å². The minimum Gasteiger partial charge on any atom is -0.367 e. The van der Waals surface area contributed by atoms with Crippen molar-refractivity contribution < 1.29 is 0 Å². The van der Waals surface area contributed by atoms with Gasteiger partial charge < -0.3 is 10.6 Å². The minimum atomic E-state index is 0.258. The molecule has 0 atom stereocenters. The van der Waals surface area contributed by atoms with Crippen molar-refractivity contribution in [2.75, 3.05) is 23.7 Å². The third-order valence-electron chi connectivity index (χ3n) is 2.67. The summed E-state index contributed by atoms with van der Waals surface area (Å²) in [6, 6.07) is 8.59. The van der Waals surface area contributed by atoms with Gasteiger partial charge >= 0.3 is 0 Å². The van der Waals surface area contributed by atoms with Crippen molar-refractivity contribution in [3.8, 4) is 6.07 Å². The van der Waals surface area contributed by atoms with E-state index in [-0.39, 0.29) is 6.04 Å². The van der Waals surface area contributed by atoms with Crippen LogP contribution in [0.2, 0.25) is 0 Å². The highest BCUT2D eigenvalue weighted by Crippen LogP contribution is 2.31. The smallest absolute Gasteiger partial charge is 0.103 e. The molecule has 1 aliphatic heterocycles. The lowest BCUT2D eigenvalue weighted by Gasteiger charge is -2.39. The molecule has 2 rings (SSSR count). The Kier molecular flexibility index (Phi) is 3.37. The van der Waals surface area contributed by atoms with Crippen LogP contribution in [-0.2, 0) is 0 Å². The highest BCUT2D eigenvalue weighted by molar-refractivity contribution is 7.99. The van der Waals surface area contributed by atoms with E-state index in [1.165, 1.54) is 0 Å². The Labute approximate surface area is 100 Å². The van der Waals surface area contributed by atoms with Gasteiger partial charge in [0.25, 0.3) is 0 Å². The summed E-state index contributed by atoms with van der Waals surface area (Å²) >= 11 is 1.71. The highest BCUT2D eigenvalue weighted by atomic mass is 32.2. The van der Waals surface area contributed by atoms with Crippen LogP contribution in [0.15, 0.2) is 23.1 Å². The number of anilines is 1. The fourth-order valence-electron chi connectivity index (χ4n) is 1.88. The molecule has 84 valence electrons. The van der Waals surface area contributed by atoms with Crippen LogP contribution >= 0.6 is 11.8 Å². The summed E-state index contributed by atoms with van der Waals surface area (Å²) in [6.45, 7) is 3.81. The predicted octanol–water partition coefficient (Wildman–Crippen LogP) is 1.82. The first kappa shape index (κ1) is 11.3. The second kappa shape index (κ2) is 4.77. The molecule has 0 aliphatic carbocycles. The van der Waals surface area contributed by atoms with Gasteiger partial charge in [0.1, 0.15) is 6.07 Å². The average molecular weight is 233 g/mol. The first-order valence-electron chi connectivity index (χ1n) is 5.42. The molecule has 1 heterocycles. The van der Waals surface area contributed by atoms with Gasteiger partial charge in [-0.05, 0) is 17.9 Å². The summed E-state index contributed by atoms with van der Waals surface area (Å²) in [5, 5.41) is 9.24. The summed E-state index contributed by atoms with van der Waals surface area (Å²) in [5.74, 6) is 0.984. The van der Waals surface area contributed by atoms with Gasteiger partial charge in [0, 0.05) is 24.0 Å². The maximum absolute atomic E-state index is 9.24. The Morgan fingerprint density at radius 3 is 2.88 bits per heavy atom. The Bertz CT molecular complexity index is 419. The molecular formula is C12H15N3S. The van der Waals surface area contributed by atoms with Crippen molar-refractivity contribution in [3.05, 3.63) is 23.8 Å². The standard InChI is InChI=1S/C12H15N3S/c1-2-16-12-5-3-4-11(10(12)6-13)15-7-9(14)8-15/h3-5,9H,2,7-8,14H2,1H3. The second-order valence-corrected chi connectivity index (χ2v) is 5.17. The van der Waals surface area contributed by atoms with Crippen LogP contribution in [0.4, 0.5) is 5.69 Å². The van der Waals surface area contributed by atoms with E-state index in [1.807, 2.05) is 18.2 Å². The number of nitrogens with zero attached hydrogens (tertiary/aromatic N) is 2. The number of benzene rings is 1. The first-order valence-corrected chi connectivity index (χ1v) is 6.41. The number of hydrogen-bond acceptors (Lipinski definition) is 4. The number of thioether (sulfide) groups is 1. The third-order valence-corrected chi connectivity index (χ3v) is 3.61. The molecule has 0 saturated carbocycles. The molecule has 0 amide bonds.